The molecule has 1 aliphatic rings. The lowest BCUT2D eigenvalue weighted by Crippen LogP contribution is -2.61. The number of ether oxygens (including phenoxy) is 3. The summed E-state index contributed by atoms with van der Waals surface area (Å²) in [7, 11) is 0. The number of aryl methyl sites for hydroxylation is 1. The summed E-state index contributed by atoms with van der Waals surface area (Å²) >= 11 is 0. The van der Waals surface area contributed by atoms with Gasteiger partial charge in [0.2, 0.25) is 6.29 Å². The van der Waals surface area contributed by atoms with Crippen molar-refractivity contribution >= 4 is 22.7 Å². The van der Waals surface area contributed by atoms with Crippen LogP contribution in [-0.4, -0.2) is 69.5 Å². The van der Waals surface area contributed by atoms with E-state index in [1.165, 1.54) is 18.2 Å². The van der Waals surface area contributed by atoms with Gasteiger partial charge in [-0.1, -0.05) is 12.1 Å². The number of fused-ring (bicyclic) bond motifs is 1. The third-order valence-corrected chi connectivity index (χ3v) is 5.81. The zero-order valence-corrected chi connectivity index (χ0v) is 18.9. The van der Waals surface area contributed by atoms with E-state index in [-0.39, 0.29) is 23.5 Å². The summed E-state index contributed by atoms with van der Waals surface area (Å²) < 4.78 is 21.7. The van der Waals surface area contributed by atoms with Gasteiger partial charge in [-0.2, -0.15) is 0 Å². The molecule has 1 aromatic heterocycles. The molecule has 10 nitrogen and oxygen atoms in total. The highest BCUT2D eigenvalue weighted by atomic mass is 16.7. The van der Waals surface area contributed by atoms with Crippen molar-refractivity contribution in [2.75, 3.05) is 6.61 Å². The summed E-state index contributed by atoms with van der Waals surface area (Å²) in [5.41, 5.74) is 1.53. The molecule has 0 spiro atoms. The number of hydrogen-bond donors (Lipinski definition) is 4. The molecule has 5 atom stereocenters. The lowest BCUT2D eigenvalue weighted by molar-refractivity contribution is -0.281. The Balaban J connectivity index is 1.55. The Labute approximate surface area is 200 Å². The molecule has 4 rings (SSSR count). The minimum absolute atomic E-state index is 0.0524. The van der Waals surface area contributed by atoms with Crippen LogP contribution in [0, 0.1) is 0 Å². The monoisotopic (exact) mass is 486 g/mol. The number of carbonyl (C=O) groups excluding carboxylic acids is 2. The van der Waals surface area contributed by atoms with E-state index in [4.69, 9.17) is 18.6 Å². The van der Waals surface area contributed by atoms with Crippen molar-refractivity contribution in [3.63, 3.8) is 0 Å². The first-order valence-corrected chi connectivity index (χ1v) is 11.1. The summed E-state index contributed by atoms with van der Waals surface area (Å²) in [4.78, 5) is 24.6. The Morgan fingerprint density at radius 1 is 1.09 bits per heavy atom. The maximum atomic E-state index is 13.1. The highest BCUT2D eigenvalue weighted by Crippen LogP contribution is 2.33. The van der Waals surface area contributed by atoms with Gasteiger partial charge in [0.05, 0.1) is 12.9 Å². The first-order chi connectivity index (χ1) is 16.8. The molecule has 4 N–H and O–H groups in total. The fraction of sp³-hybridized carbons (Fsp3) is 0.360. The average molecular weight is 486 g/mol. The molecule has 1 saturated heterocycles. The second kappa shape index (κ2) is 10.4. The quantitative estimate of drug-likeness (QED) is 0.273. The van der Waals surface area contributed by atoms with Crippen LogP contribution in [0.5, 0.6) is 11.5 Å². The number of carbonyl (C=O) groups is 2. The number of benzene rings is 2. The standard InChI is InChI=1S/C25H26O10/c1-13(27)33-24-23(31)22(30)20(12-26)35-25(24)34-19-4-2-3-16(28)21(19)17(29)7-5-14-6-8-18-15(11-14)9-10-32-18/h2-4,6,8-11,20,22-26,28,30-31H,5,7,12H2,1H3/t20-,22-,23+,24-,25-/m1/s1. The second-order valence-corrected chi connectivity index (χ2v) is 8.26. The van der Waals surface area contributed by atoms with Gasteiger partial charge < -0.3 is 39.1 Å². The maximum Gasteiger partial charge on any atom is 0.303 e. The lowest BCUT2D eigenvalue weighted by atomic mass is 9.98. The fourth-order valence-electron chi connectivity index (χ4n) is 4.05. The molecule has 0 saturated carbocycles. The van der Waals surface area contributed by atoms with E-state index < -0.39 is 49.1 Å². The molecule has 0 unspecified atom stereocenters. The van der Waals surface area contributed by atoms with Gasteiger partial charge in [-0.05, 0) is 42.3 Å². The van der Waals surface area contributed by atoms with Gasteiger partial charge in [-0.3, -0.25) is 9.59 Å². The number of aromatic hydroxyl groups is 1. The predicted octanol–water partition coefficient (Wildman–Crippen LogP) is 1.70. The van der Waals surface area contributed by atoms with Crippen molar-refractivity contribution in [2.45, 2.75) is 50.5 Å². The summed E-state index contributed by atoms with van der Waals surface area (Å²) in [5, 5.41) is 41.4. The van der Waals surface area contributed by atoms with E-state index in [0.29, 0.717) is 6.42 Å². The molecule has 186 valence electrons. The van der Waals surface area contributed by atoms with Crippen LogP contribution in [0.4, 0.5) is 0 Å². The van der Waals surface area contributed by atoms with Crippen molar-refractivity contribution in [1.82, 2.24) is 0 Å². The number of ketones is 1. The maximum absolute atomic E-state index is 13.1. The fourth-order valence-corrected chi connectivity index (χ4v) is 4.05. The van der Waals surface area contributed by atoms with Gasteiger partial charge in [-0.25, -0.2) is 0 Å². The molecular formula is C25H26O10. The average Bonchev–Trinajstić information content (AvgIpc) is 3.30. The molecule has 0 aliphatic carbocycles. The summed E-state index contributed by atoms with van der Waals surface area (Å²) in [6.07, 6.45) is -5.28. The van der Waals surface area contributed by atoms with E-state index in [2.05, 4.69) is 0 Å². The number of esters is 1. The van der Waals surface area contributed by atoms with Gasteiger partial charge in [-0.15, -0.1) is 0 Å². The third kappa shape index (κ3) is 5.30. The highest BCUT2D eigenvalue weighted by molar-refractivity contribution is 6.01. The molecule has 10 heteroatoms. The number of furan rings is 1. The van der Waals surface area contributed by atoms with Crippen LogP contribution >= 0.6 is 0 Å². The van der Waals surface area contributed by atoms with Crippen LogP contribution in [0.25, 0.3) is 11.0 Å². The molecule has 1 fully saturated rings. The first kappa shape index (κ1) is 24.7. The van der Waals surface area contributed by atoms with Crippen LogP contribution in [0.15, 0.2) is 53.1 Å². The predicted molar refractivity (Wildman–Crippen MR) is 121 cm³/mol. The summed E-state index contributed by atoms with van der Waals surface area (Å²) in [6.45, 7) is 0.468. The molecule has 2 aromatic carbocycles. The Morgan fingerprint density at radius 2 is 1.89 bits per heavy atom. The number of aliphatic hydroxyl groups is 3. The van der Waals surface area contributed by atoms with Crippen LogP contribution in [0.1, 0.15) is 29.3 Å². The van der Waals surface area contributed by atoms with Crippen molar-refractivity contribution in [3.05, 3.63) is 59.9 Å². The van der Waals surface area contributed by atoms with Gasteiger partial charge in [0.25, 0.3) is 0 Å². The van der Waals surface area contributed by atoms with Crippen LogP contribution in [0.2, 0.25) is 0 Å². The van der Waals surface area contributed by atoms with Crippen LogP contribution < -0.4 is 4.74 Å². The Hall–Kier alpha value is -3.44. The van der Waals surface area contributed by atoms with E-state index in [1.54, 1.807) is 6.26 Å². The summed E-state index contributed by atoms with van der Waals surface area (Å²) in [5.74, 6) is -1.56. The number of phenolic OH excluding ortho intramolecular Hbond substituents is 1. The second-order valence-electron chi connectivity index (χ2n) is 8.26. The molecule has 0 radical (unpaired) electrons. The molecule has 1 aliphatic heterocycles. The van der Waals surface area contributed by atoms with E-state index in [9.17, 15) is 30.0 Å². The van der Waals surface area contributed by atoms with Crippen LogP contribution in [0.3, 0.4) is 0 Å². The third-order valence-electron chi connectivity index (χ3n) is 5.81. The molecule has 0 amide bonds. The SMILES string of the molecule is CC(=O)O[C@H]1[C@H](Oc2cccc(O)c2C(=O)CCc2ccc3occc3c2)O[C@H](CO)[C@@H](O)[C@@H]1O. The topological polar surface area (TPSA) is 156 Å². The Kier molecular flexibility index (Phi) is 7.37. The largest absolute Gasteiger partial charge is 0.507 e. The highest BCUT2D eigenvalue weighted by Gasteiger charge is 2.48. The zero-order valence-electron chi connectivity index (χ0n) is 18.9. The number of rotatable bonds is 8. The smallest absolute Gasteiger partial charge is 0.303 e. The minimum atomic E-state index is -1.62. The van der Waals surface area contributed by atoms with Gasteiger partial charge in [0, 0.05) is 18.7 Å². The van der Waals surface area contributed by atoms with Gasteiger partial charge in [0.1, 0.15) is 41.0 Å². The van der Waals surface area contributed by atoms with Crippen LogP contribution in [-0.2, 0) is 20.7 Å². The molecular weight excluding hydrogens is 460 g/mol. The summed E-state index contributed by atoms with van der Waals surface area (Å²) in [6, 6.07) is 11.6. The lowest BCUT2D eigenvalue weighted by Gasteiger charge is -2.41. The number of phenols is 1. The van der Waals surface area contributed by atoms with E-state index in [1.807, 2.05) is 24.3 Å². The normalized spacial score (nSPS) is 24.3. The Morgan fingerprint density at radius 3 is 2.63 bits per heavy atom. The Bertz CT molecular complexity index is 1200. The number of aliphatic hydroxyl groups excluding tert-OH is 3. The van der Waals surface area contributed by atoms with Crippen molar-refractivity contribution in [2.24, 2.45) is 0 Å². The first-order valence-electron chi connectivity index (χ1n) is 11.1. The number of Topliss-reactive ketones (excluding diaryl/α,β-unsaturated/α-hetero) is 1. The molecule has 3 aromatic rings. The molecule has 2 heterocycles. The number of hydrogen-bond acceptors (Lipinski definition) is 10. The molecule has 35 heavy (non-hydrogen) atoms. The van der Waals surface area contributed by atoms with Crippen molar-refractivity contribution in [1.29, 1.82) is 0 Å². The molecule has 0 bridgehead atoms. The zero-order chi connectivity index (χ0) is 25.1. The van der Waals surface area contributed by atoms with E-state index >= 15 is 0 Å². The van der Waals surface area contributed by atoms with E-state index in [0.717, 1.165) is 23.5 Å². The van der Waals surface area contributed by atoms with Gasteiger partial charge >= 0.3 is 5.97 Å². The van der Waals surface area contributed by atoms with Crippen molar-refractivity contribution in [3.8, 4) is 11.5 Å². The van der Waals surface area contributed by atoms with Gasteiger partial charge in [0.15, 0.2) is 11.9 Å². The van der Waals surface area contributed by atoms with Crippen molar-refractivity contribution < 1.29 is 48.6 Å². The minimum Gasteiger partial charge on any atom is -0.507 e.